The Bertz CT molecular complexity index is 796. The average molecular weight is 434 g/mol. The zero-order valence-corrected chi connectivity index (χ0v) is 18.6. The standard InChI is InChI=1S/C22H31N3O6/c1-22(2,3)31-20(27)24-11-9-17(10-12-24)29-14-18-13-25(21(28)30-18)16-7-5-15(6-8-16)19(26)23-4/h5-8,17-18H,9-14H2,1-4H3,(H,23,26). The van der Waals surface area contributed by atoms with E-state index in [0.717, 1.165) is 0 Å². The molecule has 0 bridgehead atoms. The molecule has 0 aromatic heterocycles. The van der Waals surface area contributed by atoms with Gasteiger partial charge in [0, 0.05) is 31.4 Å². The van der Waals surface area contributed by atoms with Crippen LogP contribution in [0.3, 0.4) is 0 Å². The highest BCUT2D eigenvalue weighted by Gasteiger charge is 2.34. The summed E-state index contributed by atoms with van der Waals surface area (Å²) >= 11 is 0. The summed E-state index contributed by atoms with van der Waals surface area (Å²) in [6.07, 6.45) is 0.345. The number of cyclic esters (lactones) is 1. The van der Waals surface area contributed by atoms with E-state index in [2.05, 4.69) is 5.32 Å². The fourth-order valence-corrected chi connectivity index (χ4v) is 3.53. The van der Waals surface area contributed by atoms with Crippen LogP contribution < -0.4 is 10.2 Å². The van der Waals surface area contributed by atoms with E-state index in [1.807, 2.05) is 20.8 Å². The molecule has 0 saturated carbocycles. The molecule has 0 radical (unpaired) electrons. The maximum atomic E-state index is 12.3. The predicted octanol–water partition coefficient (Wildman–Crippen LogP) is 2.79. The van der Waals surface area contributed by atoms with E-state index < -0.39 is 11.7 Å². The molecule has 1 unspecified atom stereocenters. The second-order valence-corrected chi connectivity index (χ2v) is 8.74. The third-order valence-corrected chi connectivity index (χ3v) is 5.15. The number of piperidine rings is 1. The van der Waals surface area contributed by atoms with Crippen molar-refractivity contribution in [1.82, 2.24) is 10.2 Å². The van der Waals surface area contributed by atoms with Crippen molar-refractivity contribution in [3.63, 3.8) is 0 Å². The second kappa shape index (κ2) is 9.55. The fraction of sp³-hybridized carbons (Fsp3) is 0.591. The number of carbonyl (C=O) groups is 3. The van der Waals surface area contributed by atoms with Crippen LogP contribution in [0.5, 0.6) is 0 Å². The lowest BCUT2D eigenvalue weighted by molar-refractivity contribution is -0.0335. The van der Waals surface area contributed by atoms with E-state index in [1.54, 1.807) is 36.2 Å². The van der Waals surface area contributed by atoms with Crippen LogP contribution in [0.2, 0.25) is 0 Å². The van der Waals surface area contributed by atoms with Crippen LogP contribution in [0, 0.1) is 0 Å². The molecule has 170 valence electrons. The van der Waals surface area contributed by atoms with Crippen LogP contribution >= 0.6 is 0 Å². The largest absolute Gasteiger partial charge is 0.444 e. The summed E-state index contributed by atoms with van der Waals surface area (Å²) in [5.74, 6) is -0.181. The molecule has 31 heavy (non-hydrogen) atoms. The number of nitrogens with zero attached hydrogens (tertiary/aromatic N) is 2. The molecule has 0 spiro atoms. The van der Waals surface area contributed by atoms with Gasteiger partial charge >= 0.3 is 12.2 Å². The minimum absolute atomic E-state index is 0.0123. The molecular weight excluding hydrogens is 402 g/mol. The number of nitrogens with one attached hydrogen (secondary N) is 1. The van der Waals surface area contributed by atoms with Gasteiger partial charge in [-0.3, -0.25) is 9.69 Å². The van der Waals surface area contributed by atoms with E-state index in [9.17, 15) is 14.4 Å². The number of carbonyl (C=O) groups excluding carboxylic acids is 3. The Kier molecular flexibility index (Phi) is 7.04. The van der Waals surface area contributed by atoms with Crippen molar-refractivity contribution in [3.8, 4) is 0 Å². The van der Waals surface area contributed by atoms with Gasteiger partial charge in [0.25, 0.3) is 5.91 Å². The molecule has 3 rings (SSSR count). The van der Waals surface area contributed by atoms with E-state index in [4.69, 9.17) is 14.2 Å². The van der Waals surface area contributed by atoms with Crippen molar-refractivity contribution in [2.75, 3.05) is 38.2 Å². The highest BCUT2D eigenvalue weighted by molar-refractivity contribution is 5.95. The molecule has 1 N–H and O–H groups in total. The van der Waals surface area contributed by atoms with Crippen molar-refractivity contribution in [3.05, 3.63) is 29.8 Å². The Morgan fingerprint density at radius 2 is 1.81 bits per heavy atom. The minimum atomic E-state index is -0.509. The van der Waals surface area contributed by atoms with Crippen LogP contribution in [0.1, 0.15) is 44.0 Å². The van der Waals surface area contributed by atoms with Crippen molar-refractivity contribution >= 4 is 23.8 Å². The van der Waals surface area contributed by atoms with Gasteiger partial charge in [-0.05, 0) is 57.9 Å². The number of hydrogen-bond donors (Lipinski definition) is 1. The zero-order valence-electron chi connectivity index (χ0n) is 18.6. The first-order valence-electron chi connectivity index (χ1n) is 10.6. The van der Waals surface area contributed by atoms with Gasteiger partial charge < -0.3 is 24.4 Å². The van der Waals surface area contributed by atoms with Crippen molar-refractivity contribution in [2.45, 2.75) is 51.4 Å². The number of benzene rings is 1. The Labute approximate surface area is 182 Å². The van der Waals surface area contributed by atoms with Crippen molar-refractivity contribution < 1.29 is 28.6 Å². The zero-order chi connectivity index (χ0) is 22.6. The normalized spacial score (nSPS) is 19.9. The van der Waals surface area contributed by atoms with Crippen molar-refractivity contribution in [2.24, 2.45) is 0 Å². The summed E-state index contributed by atoms with van der Waals surface area (Å²) in [6, 6.07) is 6.79. The first kappa shape index (κ1) is 22.9. The molecule has 0 aliphatic carbocycles. The summed E-state index contributed by atoms with van der Waals surface area (Å²) in [4.78, 5) is 39.3. The van der Waals surface area contributed by atoms with Crippen molar-refractivity contribution in [1.29, 1.82) is 0 Å². The molecule has 1 aromatic carbocycles. The van der Waals surface area contributed by atoms with E-state index in [-0.39, 0.29) is 24.2 Å². The van der Waals surface area contributed by atoms with Gasteiger partial charge in [0.2, 0.25) is 0 Å². The second-order valence-electron chi connectivity index (χ2n) is 8.74. The molecule has 2 fully saturated rings. The number of rotatable bonds is 5. The summed E-state index contributed by atoms with van der Waals surface area (Å²) in [5.41, 5.74) is 0.688. The Morgan fingerprint density at radius 3 is 2.39 bits per heavy atom. The molecule has 2 aliphatic rings. The molecule has 3 amide bonds. The van der Waals surface area contributed by atoms with Gasteiger partial charge in [-0.15, -0.1) is 0 Å². The first-order valence-corrected chi connectivity index (χ1v) is 10.6. The lowest BCUT2D eigenvalue weighted by Gasteiger charge is -2.33. The van der Waals surface area contributed by atoms with Crippen LogP contribution in [0.25, 0.3) is 0 Å². The highest BCUT2D eigenvalue weighted by Crippen LogP contribution is 2.23. The van der Waals surface area contributed by atoms with Crippen LogP contribution in [-0.4, -0.2) is 74.1 Å². The maximum absolute atomic E-state index is 12.3. The molecule has 9 heteroatoms. The van der Waals surface area contributed by atoms with Gasteiger partial charge in [-0.25, -0.2) is 9.59 Å². The molecule has 2 aliphatic heterocycles. The molecule has 2 saturated heterocycles. The minimum Gasteiger partial charge on any atom is -0.444 e. The number of ether oxygens (including phenoxy) is 3. The first-order chi connectivity index (χ1) is 14.7. The van der Waals surface area contributed by atoms with E-state index in [0.29, 0.717) is 50.3 Å². The number of hydrogen-bond acceptors (Lipinski definition) is 6. The summed E-state index contributed by atoms with van der Waals surface area (Å²) in [6.45, 7) is 7.39. The topological polar surface area (TPSA) is 97.4 Å². The van der Waals surface area contributed by atoms with E-state index in [1.165, 1.54) is 4.90 Å². The smallest absolute Gasteiger partial charge is 0.414 e. The quantitative estimate of drug-likeness (QED) is 0.767. The molecule has 9 nitrogen and oxygen atoms in total. The monoisotopic (exact) mass is 433 g/mol. The lowest BCUT2D eigenvalue weighted by atomic mass is 10.1. The summed E-state index contributed by atoms with van der Waals surface area (Å²) in [7, 11) is 1.57. The lowest BCUT2D eigenvalue weighted by Crippen LogP contribution is -2.43. The maximum Gasteiger partial charge on any atom is 0.414 e. The number of likely N-dealkylation sites (tertiary alicyclic amines) is 1. The van der Waals surface area contributed by atoms with Gasteiger partial charge in [-0.2, -0.15) is 0 Å². The van der Waals surface area contributed by atoms with Crippen LogP contribution in [0.15, 0.2) is 24.3 Å². The van der Waals surface area contributed by atoms with Crippen LogP contribution in [-0.2, 0) is 14.2 Å². The number of amides is 3. The summed E-state index contributed by atoms with van der Waals surface area (Å²) in [5, 5.41) is 2.56. The van der Waals surface area contributed by atoms with Gasteiger partial charge in [0.15, 0.2) is 0 Å². The average Bonchev–Trinajstić information content (AvgIpc) is 3.11. The molecule has 1 aromatic rings. The summed E-state index contributed by atoms with van der Waals surface area (Å²) < 4.78 is 16.8. The molecular formula is C22H31N3O6. The Morgan fingerprint density at radius 1 is 1.16 bits per heavy atom. The van der Waals surface area contributed by atoms with Crippen LogP contribution in [0.4, 0.5) is 15.3 Å². The van der Waals surface area contributed by atoms with Gasteiger partial charge in [0.1, 0.15) is 11.7 Å². The highest BCUT2D eigenvalue weighted by atomic mass is 16.6. The number of anilines is 1. The van der Waals surface area contributed by atoms with Gasteiger partial charge in [0.05, 0.1) is 19.3 Å². The third-order valence-electron chi connectivity index (χ3n) is 5.15. The molecule has 2 heterocycles. The third kappa shape index (κ3) is 6.10. The predicted molar refractivity (Wildman–Crippen MR) is 114 cm³/mol. The fourth-order valence-electron chi connectivity index (χ4n) is 3.53. The molecule has 1 atom stereocenters. The van der Waals surface area contributed by atoms with E-state index >= 15 is 0 Å². The Balaban J connectivity index is 1.44. The Hall–Kier alpha value is -2.81. The van der Waals surface area contributed by atoms with Gasteiger partial charge in [-0.1, -0.05) is 0 Å². The SMILES string of the molecule is CNC(=O)c1ccc(N2CC(COC3CCN(C(=O)OC(C)(C)C)CC3)OC2=O)cc1.